The van der Waals surface area contributed by atoms with E-state index in [0.717, 1.165) is 11.0 Å². The lowest BCUT2D eigenvalue weighted by molar-refractivity contribution is -0.141. The van der Waals surface area contributed by atoms with Crippen LogP contribution in [0.4, 0.5) is 18.0 Å². The molecule has 0 spiro atoms. The lowest BCUT2D eigenvalue weighted by Crippen LogP contribution is -2.44. The fourth-order valence-electron chi connectivity index (χ4n) is 1.44. The van der Waals surface area contributed by atoms with Gasteiger partial charge in [0.15, 0.2) is 5.69 Å². The number of amides is 1. The van der Waals surface area contributed by atoms with E-state index in [-0.39, 0.29) is 12.2 Å². The predicted molar refractivity (Wildman–Crippen MR) is 60.7 cm³/mol. The molecule has 1 amide bonds. The lowest BCUT2D eigenvalue weighted by atomic mass is 10.1. The Labute approximate surface area is 107 Å². The largest absolute Gasteiger partial charge is 0.465 e. The first-order chi connectivity index (χ1) is 8.43. The third-order valence-corrected chi connectivity index (χ3v) is 2.46. The molecule has 1 aromatic heterocycles. The number of alkyl halides is 3. The molecule has 9 heteroatoms. The van der Waals surface area contributed by atoms with Gasteiger partial charge in [-0.3, -0.25) is 4.90 Å². The summed E-state index contributed by atoms with van der Waals surface area (Å²) < 4.78 is 37.3. The van der Waals surface area contributed by atoms with Gasteiger partial charge in [0.25, 0.3) is 0 Å². The van der Waals surface area contributed by atoms with Gasteiger partial charge in [-0.25, -0.2) is 4.79 Å². The molecule has 0 aliphatic rings. The van der Waals surface area contributed by atoms with Gasteiger partial charge in [-0.15, -0.1) is 5.10 Å². The molecule has 0 atom stereocenters. The van der Waals surface area contributed by atoms with Crippen LogP contribution in [0.15, 0.2) is 6.07 Å². The Morgan fingerprint density at radius 2 is 2.00 bits per heavy atom. The maximum absolute atomic E-state index is 12.4. The van der Waals surface area contributed by atoms with Gasteiger partial charge >= 0.3 is 12.3 Å². The van der Waals surface area contributed by atoms with Crippen molar-refractivity contribution in [2.75, 3.05) is 5.84 Å². The van der Waals surface area contributed by atoms with E-state index < -0.39 is 23.5 Å². The molecule has 0 radical (unpaired) electrons. The van der Waals surface area contributed by atoms with Crippen molar-refractivity contribution in [3.8, 4) is 0 Å². The molecule has 0 fully saturated rings. The fraction of sp³-hybridized carbons (Fsp3) is 0.600. The maximum atomic E-state index is 12.4. The van der Waals surface area contributed by atoms with Crippen LogP contribution in [0.5, 0.6) is 0 Å². The van der Waals surface area contributed by atoms with Gasteiger partial charge in [0.2, 0.25) is 0 Å². The molecule has 0 unspecified atom stereocenters. The maximum Gasteiger partial charge on any atom is 0.435 e. The molecule has 6 nitrogen and oxygen atoms in total. The quantitative estimate of drug-likeness (QED) is 0.810. The van der Waals surface area contributed by atoms with E-state index in [4.69, 9.17) is 10.9 Å². The highest BCUT2D eigenvalue weighted by Gasteiger charge is 2.36. The number of aromatic nitrogens is 2. The second-order valence-electron chi connectivity index (χ2n) is 5.00. The molecule has 0 saturated heterocycles. The Hall–Kier alpha value is -1.93. The lowest BCUT2D eigenvalue weighted by Gasteiger charge is -2.32. The first-order valence-corrected chi connectivity index (χ1v) is 5.34. The van der Waals surface area contributed by atoms with Crippen molar-refractivity contribution < 1.29 is 23.1 Å². The Balaban J connectivity index is 3.05. The number of nitrogens with zero attached hydrogens (tertiary/aromatic N) is 3. The number of nitrogens with two attached hydrogens (primary N) is 1. The average Bonchev–Trinajstić information content (AvgIpc) is 2.53. The van der Waals surface area contributed by atoms with Crippen LogP contribution in [0.1, 0.15) is 32.2 Å². The minimum absolute atomic E-state index is 0.0374. The summed E-state index contributed by atoms with van der Waals surface area (Å²) in [6.45, 7) is 4.60. The van der Waals surface area contributed by atoms with Gasteiger partial charge in [-0.2, -0.15) is 18.0 Å². The van der Waals surface area contributed by atoms with Gasteiger partial charge < -0.3 is 10.9 Å². The second-order valence-corrected chi connectivity index (χ2v) is 5.00. The number of rotatable bonds is 2. The summed E-state index contributed by atoms with van der Waals surface area (Å²) in [5.41, 5.74) is -1.96. The summed E-state index contributed by atoms with van der Waals surface area (Å²) >= 11 is 0. The van der Waals surface area contributed by atoms with Gasteiger partial charge in [0, 0.05) is 5.54 Å². The molecule has 1 heterocycles. The number of nitrogen functional groups attached to an aromatic ring is 1. The Morgan fingerprint density at radius 1 is 1.47 bits per heavy atom. The van der Waals surface area contributed by atoms with Crippen LogP contribution in [0, 0.1) is 0 Å². The smallest absolute Gasteiger partial charge is 0.435 e. The minimum atomic E-state index is -4.62. The van der Waals surface area contributed by atoms with Crippen molar-refractivity contribution >= 4 is 6.09 Å². The van der Waals surface area contributed by atoms with E-state index in [9.17, 15) is 18.0 Å². The number of halogens is 3. The van der Waals surface area contributed by atoms with Crippen molar-refractivity contribution in [2.45, 2.75) is 39.0 Å². The molecule has 1 aromatic rings. The van der Waals surface area contributed by atoms with E-state index in [2.05, 4.69) is 5.10 Å². The SMILES string of the molecule is CC(C)(C)N(Cc1cc(C(F)(F)F)nn1N)C(=O)O. The highest BCUT2D eigenvalue weighted by Crippen LogP contribution is 2.29. The molecule has 3 N–H and O–H groups in total. The molecule has 0 aliphatic heterocycles. The van der Waals surface area contributed by atoms with Crippen LogP contribution in [0.2, 0.25) is 0 Å². The van der Waals surface area contributed by atoms with Crippen LogP contribution in [-0.4, -0.2) is 31.5 Å². The first kappa shape index (κ1) is 15.1. The van der Waals surface area contributed by atoms with Crippen LogP contribution >= 0.6 is 0 Å². The molecule has 19 heavy (non-hydrogen) atoms. The number of hydrogen-bond donors (Lipinski definition) is 2. The molecule has 0 aliphatic carbocycles. The monoisotopic (exact) mass is 280 g/mol. The summed E-state index contributed by atoms with van der Waals surface area (Å²) in [4.78, 5) is 12.6. The zero-order valence-electron chi connectivity index (χ0n) is 10.7. The van der Waals surface area contributed by atoms with E-state index in [1.54, 1.807) is 20.8 Å². The van der Waals surface area contributed by atoms with Crippen LogP contribution in [0.25, 0.3) is 0 Å². The molecule has 108 valence electrons. The zero-order chi connectivity index (χ0) is 15.0. The van der Waals surface area contributed by atoms with Gasteiger partial charge in [0.05, 0.1) is 12.2 Å². The molecular weight excluding hydrogens is 265 g/mol. The van der Waals surface area contributed by atoms with E-state index in [1.165, 1.54) is 0 Å². The fourth-order valence-corrected chi connectivity index (χ4v) is 1.44. The molecule has 1 rings (SSSR count). The summed E-state index contributed by atoms with van der Waals surface area (Å²) in [5, 5.41) is 12.2. The summed E-state index contributed by atoms with van der Waals surface area (Å²) in [6.07, 6.45) is -5.86. The molecular formula is C10H15F3N4O2. The van der Waals surface area contributed by atoms with Crippen LogP contribution < -0.4 is 5.84 Å². The van der Waals surface area contributed by atoms with E-state index >= 15 is 0 Å². The highest BCUT2D eigenvalue weighted by atomic mass is 19.4. The topological polar surface area (TPSA) is 84.4 Å². The van der Waals surface area contributed by atoms with E-state index in [0.29, 0.717) is 4.79 Å². The Bertz CT molecular complexity index is 476. The molecule has 0 bridgehead atoms. The Morgan fingerprint density at radius 3 is 2.32 bits per heavy atom. The number of carbonyl (C=O) groups is 1. The second kappa shape index (κ2) is 4.63. The van der Waals surface area contributed by atoms with Gasteiger partial charge in [-0.05, 0) is 26.8 Å². The van der Waals surface area contributed by atoms with Crippen LogP contribution in [-0.2, 0) is 12.7 Å². The van der Waals surface area contributed by atoms with Crippen molar-refractivity contribution in [1.29, 1.82) is 0 Å². The first-order valence-electron chi connectivity index (χ1n) is 5.34. The Kier molecular flexibility index (Phi) is 3.69. The normalized spacial score (nSPS) is 12.5. The third-order valence-electron chi connectivity index (χ3n) is 2.46. The summed E-state index contributed by atoms with van der Waals surface area (Å²) in [5.74, 6) is 5.32. The van der Waals surface area contributed by atoms with Crippen molar-refractivity contribution in [3.05, 3.63) is 17.5 Å². The number of carboxylic acid groups (broad SMARTS) is 1. The van der Waals surface area contributed by atoms with Crippen molar-refractivity contribution in [1.82, 2.24) is 14.8 Å². The van der Waals surface area contributed by atoms with Crippen molar-refractivity contribution in [3.63, 3.8) is 0 Å². The average molecular weight is 280 g/mol. The van der Waals surface area contributed by atoms with Crippen LogP contribution in [0.3, 0.4) is 0 Å². The van der Waals surface area contributed by atoms with Crippen molar-refractivity contribution in [2.24, 2.45) is 0 Å². The van der Waals surface area contributed by atoms with Gasteiger partial charge in [-0.1, -0.05) is 0 Å². The number of hydrogen-bond acceptors (Lipinski definition) is 3. The summed E-state index contributed by atoms with van der Waals surface area (Å²) in [7, 11) is 0. The van der Waals surface area contributed by atoms with Gasteiger partial charge in [0.1, 0.15) is 0 Å². The molecule has 0 saturated carbocycles. The van der Waals surface area contributed by atoms with E-state index in [1.807, 2.05) is 0 Å². The molecule has 0 aromatic carbocycles. The zero-order valence-corrected chi connectivity index (χ0v) is 10.7. The standard InChI is InChI=1S/C10H15F3N4O2/c1-9(2,3)16(8(18)19)5-6-4-7(10(11,12)13)15-17(6)14/h4H,5,14H2,1-3H3,(H,18,19). The minimum Gasteiger partial charge on any atom is -0.465 e. The predicted octanol–water partition coefficient (Wildman–Crippen LogP) is 1.89. The highest BCUT2D eigenvalue weighted by molar-refractivity contribution is 5.66. The summed E-state index contributed by atoms with van der Waals surface area (Å²) in [6, 6.07) is 0.738. The third kappa shape index (κ3) is 3.52.